The summed E-state index contributed by atoms with van der Waals surface area (Å²) >= 11 is 5.95. The van der Waals surface area contributed by atoms with Crippen molar-refractivity contribution in [2.75, 3.05) is 18.0 Å². The zero-order valence-corrected chi connectivity index (χ0v) is 14.8. The molecule has 0 heterocycles. The van der Waals surface area contributed by atoms with Crippen LogP contribution in [0.25, 0.3) is 0 Å². The molecule has 0 radical (unpaired) electrons. The Morgan fingerprint density at radius 3 is 2.64 bits per heavy atom. The maximum Gasteiger partial charge on any atom is 0.328 e. The molecule has 0 aromatic heterocycles. The molecule has 2 amide bonds. The Hall–Kier alpha value is -2.34. The van der Waals surface area contributed by atoms with E-state index in [1.807, 2.05) is 0 Å². The standard InChI is InChI=1S/C18H21ClN2O4/c1-12-10-14(19)4-5-15(12)21(17(23)6-7-18(24)25)9-8-16(22)20-11-13-2-3-13/h4-7,10,13H,2-3,8-9,11H2,1H3,(H,20,22)(H,24,25)/b7-6+. The third kappa shape index (κ3) is 6.23. The van der Waals surface area contributed by atoms with Crippen LogP contribution < -0.4 is 10.2 Å². The molecule has 6 nitrogen and oxygen atoms in total. The van der Waals surface area contributed by atoms with Crippen molar-refractivity contribution in [3.8, 4) is 0 Å². The number of aryl methyl sites for hydroxylation is 1. The topological polar surface area (TPSA) is 86.7 Å². The minimum Gasteiger partial charge on any atom is -0.478 e. The van der Waals surface area contributed by atoms with Crippen molar-refractivity contribution >= 4 is 35.1 Å². The van der Waals surface area contributed by atoms with Crippen molar-refractivity contribution in [2.45, 2.75) is 26.2 Å². The van der Waals surface area contributed by atoms with Crippen LogP contribution in [-0.2, 0) is 14.4 Å². The van der Waals surface area contributed by atoms with Gasteiger partial charge in [-0.25, -0.2) is 4.79 Å². The van der Waals surface area contributed by atoms with Gasteiger partial charge in [-0.15, -0.1) is 0 Å². The summed E-state index contributed by atoms with van der Waals surface area (Å²) in [5.74, 6) is -1.25. The van der Waals surface area contributed by atoms with Gasteiger partial charge in [0.15, 0.2) is 0 Å². The number of halogens is 1. The summed E-state index contributed by atoms with van der Waals surface area (Å²) in [6, 6.07) is 5.05. The second-order valence-electron chi connectivity index (χ2n) is 6.09. The molecule has 134 valence electrons. The van der Waals surface area contributed by atoms with Gasteiger partial charge in [0, 0.05) is 42.4 Å². The molecule has 0 atom stereocenters. The summed E-state index contributed by atoms with van der Waals surface area (Å²) in [5, 5.41) is 12.1. The molecule has 1 aliphatic carbocycles. The number of anilines is 1. The largest absolute Gasteiger partial charge is 0.478 e. The molecule has 0 spiro atoms. The van der Waals surface area contributed by atoms with Gasteiger partial charge in [-0.2, -0.15) is 0 Å². The molecule has 25 heavy (non-hydrogen) atoms. The average molecular weight is 365 g/mol. The van der Waals surface area contributed by atoms with E-state index in [1.165, 1.54) is 4.90 Å². The molecule has 0 bridgehead atoms. The minimum atomic E-state index is -1.21. The lowest BCUT2D eigenvalue weighted by Gasteiger charge is -2.23. The van der Waals surface area contributed by atoms with E-state index in [1.54, 1.807) is 25.1 Å². The number of aliphatic carboxylic acids is 1. The molecular formula is C18H21ClN2O4. The van der Waals surface area contributed by atoms with Gasteiger partial charge in [0.25, 0.3) is 5.91 Å². The first-order valence-corrected chi connectivity index (χ1v) is 8.50. The van der Waals surface area contributed by atoms with Gasteiger partial charge in [-0.1, -0.05) is 11.6 Å². The first-order chi connectivity index (χ1) is 11.9. The van der Waals surface area contributed by atoms with Crippen LogP contribution in [0, 0.1) is 12.8 Å². The fourth-order valence-electron chi connectivity index (χ4n) is 2.39. The predicted octanol–water partition coefficient (Wildman–Crippen LogP) is 2.54. The van der Waals surface area contributed by atoms with Gasteiger partial charge in [0.2, 0.25) is 5.91 Å². The monoisotopic (exact) mass is 364 g/mol. The zero-order valence-electron chi connectivity index (χ0n) is 14.0. The Morgan fingerprint density at radius 2 is 2.04 bits per heavy atom. The maximum atomic E-state index is 12.4. The van der Waals surface area contributed by atoms with E-state index < -0.39 is 11.9 Å². The van der Waals surface area contributed by atoms with Crippen molar-refractivity contribution in [1.82, 2.24) is 5.32 Å². The van der Waals surface area contributed by atoms with Crippen LogP contribution in [0.1, 0.15) is 24.8 Å². The maximum absolute atomic E-state index is 12.4. The number of carboxylic acids is 1. The van der Waals surface area contributed by atoms with E-state index >= 15 is 0 Å². The van der Waals surface area contributed by atoms with E-state index in [9.17, 15) is 14.4 Å². The van der Waals surface area contributed by atoms with Crippen LogP contribution in [0.15, 0.2) is 30.4 Å². The highest BCUT2D eigenvalue weighted by molar-refractivity contribution is 6.30. The fourth-order valence-corrected chi connectivity index (χ4v) is 2.61. The number of hydrogen-bond acceptors (Lipinski definition) is 3. The lowest BCUT2D eigenvalue weighted by molar-refractivity contribution is -0.131. The molecule has 1 aliphatic rings. The molecule has 1 fully saturated rings. The van der Waals surface area contributed by atoms with Crippen LogP contribution in [-0.4, -0.2) is 36.0 Å². The molecule has 0 aliphatic heterocycles. The number of amides is 2. The number of hydrogen-bond donors (Lipinski definition) is 2. The van der Waals surface area contributed by atoms with Crippen LogP contribution in [0.4, 0.5) is 5.69 Å². The Bertz CT molecular complexity index is 698. The highest BCUT2D eigenvalue weighted by Gasteiger charge is 2.22. The van der Waals surface area contributed by atoms with Crippen molar-refractivity contribution < 1.29 is 19.5 Å². The summed E-state index contributed by atoms with van der Waals surface area (Å²) in [6.45, 7) is 2.63. The molecule has 0 saturated heterocycles. The molecule has 1 aromatic rings. The third-order valence-corrected chi connectivity index (χ3v) is 4.17. The molecule has 0 unspecified atom stereocenters. The number of carbonyl (C=O) groups is 3. The van der Waals surface area contributed by atoms with Gasteiger partial charge in [-0.05, 0) is 49.4 Å². The highest BCUT2D eigenvalue weighted by atomic mass is 35.5. The smallest absolute Gasteiger partial charge is 0.328 e. The van der Waals surface area contributed by atoms with Gasteiger partial charge in [0.1, 0.15) is 0 Å². The summed E-state index contributed by atoms with van der Waals surface area (Å²) in [6.07, 6.45) is 4.21. The molecule has 7 heteroatoms. The molecular weight excluding hydrogens is 344 g/mol. The Balaban J connectivity index is 2.08. The second kappa shape index (κ2) is 8.67. The Kier molecular flexibility index (Phi) is 6.58. The minimum absolute atomic E-state index is 0.126. The summed E-state index contributed by atoms with van der Waals surface area (Å²) < 4.78 is 0. The first-order valence-electron chi connectivity index (χ1n) is 8.12. The number of benzene rings is 1. The van der Waals surface area contributed by atoms with Crippen molar-refractivity contribution in [3.05, 3.63) is 40.9 Å². The van der Waals surface area contributed by atoms with Gasteiger partial charge in [-0.3, -0.25) is 9.59 Å². The van der Waals surface area contributed by atoms with E-state index in [0.29, 0.717) is 23.2 Å². The number of carbonyl (C=O) groups excluding carboxylic acids is 2. The van der Waals surface area contributed by atoms with Gasteiger partial charge < -0.3 is 15.3 Å². The fraction of sp³-hybridized carbons (Fsp3) is 0.389. The van der Waals surface area contributed by atoms with Crippen LogP contribution >= 0.6 is 11.6 Å². The van der Waals surface area contributed by atoms with Gasteiger partial charge >= 0.3 is 5.97 Å². The first kappa shape index (κ1) is 19.0. The van der Waals surface area contributed by atoms with Crippen LogP contribution in [0.2, 0.25) is 5.02 Å². The Labute approximate surface area is 151 Å². The Morgan fingerprint density at radius 1 is 1.32 bits per heavy atom. The number of nitrogens with zero attached hydrogens (tertiary/aromatic N) is 1. The van der Waals surface area contributed by atoms with Crippen LogP contribution in [0.5, 0.6) is 0 Å². The highest BCUT2D eigenvalue weighted by Crippen LogP contribution is 2.27. The van der Waals surface area contributed by atoms with E-state index in [0.717, 1.165) is 30.6 Å². The SMILES string of the molecule is Cc1cc(Cl)ccc1N(CCC(=O)NCC1CC1)C(=O)/C=C/C(=O)O. The average Bonchev–Trinajstić information content (AvgIpc) is 3.37. The zero-order chi connectivity index (χ0) is 18.4. The van der Waals surface area contributed by atoms with Crippen molar-refractivity contribution in [1.29, 1.82) is 0 Å². The van der Waals surface area contributed by atoms with E-state index in [2.05, 4.69) is 5.32 Å². The normalized spacial score (nSPS) is 13.7. The van der Waals surface area contributed by atoms with Gasteiger partial charge in [0.05, 0.1) is 0 Å². The lowest BCUT2D eigenvalue weighted by Crippen LogP contribution is -2.35. The van der Waals surface area contributed by atoms with E-state index in [4.69, 9.17) is 16.7 Å². The molecule has 1 aromatic carbocycles. The van der Waals surface area contributed by atoms with Crippen molar-refractivity contribution in [3.63, 3.8) is 0 Å². The molecule has 2 N–H and O–H groups in total. The predicted molar refractivity (Wildman–Crippen MR) is 95.7 cm³/mol. The summed E-state index contributed by atoms with van der Waals surface area (Å²) in [7, 11) is 0. The quantitative estimate of drug-likeness (QED) is 0.694. The number of carboxylic acid groups (broad SMARTS) is 1. The third-order valence-electron chi connectivity index (χ3n) is 3.93. The summed E-state index contributed by atoms with van der Waals surface area (Å²) in [4.78, 5) is 36.4. The lowest BCUT2D eigenvalue weighted by atomic mass is 10.1. The summed E-state index contributed by atoms with van der Waals surface area (Å²) in [5.41, 5.74) is 1.36. The number of rotatable bonds is 8. The number of nitrogens with one attached hydrogen (secondary N) is 1. The van der Waals surface area contributed by atoms with E-state index in [-0.39, 0.29) is 18.9 Å². The molecule has 1 saturated carbocycles. The molecule has 2 rings (SSSR count). The van der Waals surface area contributed by atoms with Crippen molar-refractivity contribution in [2.24, 2.45) is 5.92 Å². The second-order valence-corrected chi connectivity index (χ2v) is 6.53. The van der Waals surface area contributed by atoms with Crippen LogP contribution in [0.3, 0.4) is 0 Å².